The van der Waals surface area contributed by atoms with Crippen molar-refractivity contribution in [1.29, 1.82) is 0 Å². The van der Waals surface area contributed by atoms with Gasteiger partial charge in [0.1, 0.15) is 0 Å². The predicted octanol–water partition coefficient (Wildman–Crippen LogP) is 3.01. The van der Waals surface area contributed by atoms with Gasteiger partial charge in [0, 0.05) is 18.2 Å². The SMILES string of the molecule is CCOc1c(Br)cc(C(=O)NC2CNCCC2C)cc1OC.Cl. The first-order valence-electron chi connectivity index (χ1n) is 7.58. The molecule has 1 aromatic rings. The van der Waals surface area contributed by atoms with Gasteiger partial charge < -0.3 is 20.1 Å². The van der Waals surface area contributed by atoms with E-state index >= 15 is 0 Å². The minimum absolute atomic E-state index is 0. The zero-order valence-corrected chi connectivity index (χ0v) is 16.1. The molecule has 0 aromatic heterocycles. The number of amides is 1. The summed E-state index contributed by atoms with van der Waals surface area (Å²) in [6.07, 6.45) is 1.07. The average molecular weight is 408 g/mol. The van der Waals surface area contributed by atoms with Crippen molar-refractivity contribution >= 4 is 34.2 Å². The molecule has 1 aliphatic rings. The van der Waals surface area contributed by atoms with Crippen molar-refractivity contribution in [2.24, 2.45) is 5.92 Å². The molecule has 2 atom stereocenters. The monoisotopic (exact) mass is 406 g/mol. The molecular formula is C16H24BrClN2O3. The number of rotatable bonds is 5. The summed E-state index contributed by atoms with van der Waals surface area (Å²) in [7, 11) is 1.57. The van der Waals surface area contributed by atoms with Gasteiger partial charge in [0.05, 0.1) is 18.2 Å². The van der Waals surface area contributed by atoms with E-state index in [4.69, 9.17) is 9.47 Å². The highest BCUT2D eigenvalue weighted by Crippen LogP contribution is 2.36. The molecule has 1 aromatic carbocycles. The first kappa shape index (κ1) is 20.1. The molecule has 1 fully saturated rings. The molecule has 23 heavy (non-hydrogen) atoms. The molecule has 2 rings (SSSR count). The zero-order valence-electron chi connectivity index (χ0n) is 13.6. The Labute approximate surface area is 152 Å². The number of ether oxygens (including phenoxy) is 2. The fourth-order valence-electron chi connectivity index (χ4n) is 2.57. The molecule has 0 spiro atoms. The summed E-state index contributed by atoms with van der Waals surface area (Å²) in [4.78, 5) is 12.5. The molecule has 2 N–H and O–H groups in total. The number of carbonyl (C=O) groups is 1. The molecule has 2 unspecified atom stereocenters. The van der Waals surface area contributed by atoms with Gasteiger partial charge in [-0.05, 0) is 53.9 Å². The van der Waals surface area contributed by atoms with Crippen molar-refractivity contribution in [2.75, 3.05) is 26.8 Å². The van der Waals surface area contributed by atoms with Gasteiger partial charge in [0.15, 0.2) is 11.5 Å². The topological polar surface area (TPSA) is 59.6 Å². The molecule has 0 bridgehead atoms. The Balaban J connectivity index is 0.00000264. The number of methoxy groups -OCH3 is 1. The quantitative estimate of drug-likeness (QED) is 0.788. The molecule has 1 saturated heterocycles. The second kappa shape index (κ2) is 9.35. The van der Waals surface area contributed by atoms with Gasteiger partial charge in [-0.25, -0.2) is 0 Å². The maximum absolute atomic E-state index is 12.5. The highest BCUT2D eigenvalue weighted by Gasteiger charge is 2.24. The van der Waals surface area contributed by atoms with Crippen LogP contribution in [0.2, 0.25) is 0 Å². The third-order valence-corrected chi connectivity index (χ3v) is 4.51. The molecule has 0 aliphatic carbocycles. The Kier molecular flexibility index (Phi) is 8.16. The van der Waals surface area contributed by atoms with E-state index in [0.29, 0.717) is 34.1 Å². The largest absolute Gasteiger partial charge is 0.493 e. The summed E-state index contributed by atoms with van der Waals surface area (Å²) in [6, 6.07) is 3.63. The van der Waals surface area contributed by atoms with Crippen molar-refractivity contribution in [3.63, 3.8) is 0 Å². The first-order chi connectivity index (χ1) is 10.6. The van der Waals surface area contributed by atoms with Crippen LogP contribution < -0.4 is 20.1 Å². The van der Waals surface area contributed by atoms with Crippen molar-refractivity contribution in [1.82, 2.24) is 10.6 Å². The van der Waals surface area contributed by atoms with E-state index in [1.165, 1.54) is 0 Å². The van der Waals surface area contributed by atoms with Crippen LogP contribution in [0.4, 0.5) is 0 Å². The molecule has 0 saturated carbocycles. The first-order valence-corrected chi connectivity index (χ1v) is 8.38. The van der Waals surface area contributed by atoms with E-state index in [9.17, 15) is 4.79 Å². The smallest absolute Gasteiger partial charge is 0.251 e. The van der Waals surface area contributed by atoms with E-state index in [2.05, 4.69) is 33.5 Å². The van der Waals surface area contributed by atoms with Gasteiger partial charge in [-0.3, -0.25) is 4.79 Å². The molecule has 7 heteroatoms. The number of benzene rings is 1. The van der Waals surface area contributed by atoms with Gasteiger partial charge in [-0.1, -0.05) is 6.92 Å². The molecule has 0 radical (unpaired) electrons. The van der Waals surface area contributed by atoms with Crippen molar-refractivity contribution in [3.8, 4) is 11.5 Å². The third-order valence-electron chi connectivity index (χ3n) is 3.92. The summed E-state index contributed by atoms with van der Waals surface area (Å²) >= 11 is 3.45. The molecule has 1 aliphatic heterocycles. The minimum atomic E-state index is -0.0948. The molecule has 1 amide bonds. The Bertz CT molecular complexity index is 542. The van der Waals surface area contributed by atoms with Crippen LogP contribution in [-0.4, -0.2) is 38.8 Å². The van der Waals surface area contributed by atoms with Crippen LogP contribution in [0.3, 0.4) is 0 Å². The maximum atomic E-state index is 12.5. The minimum Gasteiger partial charge on any atom is -0.493 e. The number of carbonyl (C=O) groups excluding carboxylic acids is 1. The van der Waals surface area contributed by atoms with Gasteiger partial charge in [0.2, 0.25) is 0 Å². The fourth-order valence-corrected chi connectivity index (χ4v) is 3.13. The van der Waals surface area contributed by atoms with Crippen LogP contribution in [0, 0.1) is 5.92 Å². The second-order valence-corrected chi connectivity index (χ2v) is 6.33. The summed E-state index contributed by atoms with van der Waals surface area (Å²) in [5.74, 6) is 1.55. The Morgan fingerprint density at radius 3 is 2.83 bits per heavy atom. The van der Waals surface area contributed by atoms with Crippen LogP contribution in [-0.2, 0) is 0 Å². The van der Waals surface area contributed by atoms with Crippen LogP contribution in [0.1, 0.15) is 30.6 Å². The molecule has 130 valence electrons. The van der Waals surface area contributed by atoms with Crippen LogP contribution in [0.5, 0.6) is 11.5 Å². The third kappa shape index (κ3) is 4.99. The fraction of sp³-hybridized carbons (Fsp3) is 0.562. The zero-order chi connectivity index (χ0) is 16.1. The van der Waals surface area contributed by atoms with Crippen molar-refractivity contribution in [2.45, 2.75) is 26.3 Å². The van der Waals surface area contributed by atoms with Crippen LogP contribution in [0.25, 0.3) is 0 Å². The molecule has 1 heterocycles. The van der Waals surface area contributed by atoms with Gasteiger partial charge >= 0.3 is 0 Å². The number of halogens is 2. The second-order valence-electron chi connectivity index (χ2n) is 5.47. The standard InChI is InChI=1S/C16H23BrN2O3.ClH/c1-4-22-15-12(17)7-11(8-14(15)21-3)16(20)19-13-9-18-6-5-10(13)2;/h7-8,10,13,18H,4-6,9H2,1-3H3,(H,19,20);1H. The number of nitrogens with one attached hydrogen (secondary N) is 2. The lowest BCUT2D eigenvalue weighted by Crippen LogP contribution is -2.50. The number of hydrogen-bond donors (Lipinski definition) is 2. The van der Waals surface area contributed by atoms with E-state index in [0.717, 1.165) is 19.5 Å². The summed E-state index contributed by atoms with van der Waals surface area (Å²) in [5, 5.41) is 6.41. The molecule has 5 nitrogen and oxygen atoms in total. The lowest BCUT2D eigenvalue weighted by Gasteiger charge is -2.30. The predicted molar refractivity (Wildman–Crippen MR) is 97.0 cm³/mol. The number of hydrogen-bond acceptors (Lipinski definition) is 4. The van der Waals surface area contributed by atoms with E-state index in [-0.39, 0.29) is 24.4 Å². The number of piperidine rings is 1. The van der Waals surface area contributed by atoms with Gasteiger partial charge in [-0.15, -0.1) is 12.4 Å². The maximum Gasteiger partial charge on any atom is 0.251 e. The van der Waals surface area contributed by atoms with Gasteiger partial charge in [-0.2, -0.15) is 0 Å². The van der Waals surface area contributed by atoms with Crippen molar-refractivity contribution in [3.05, 3.63) is 22.2 Å². The van der Waals surface area contributed by atoms with E-state index in [1.807, 2.05) is 6.92 Å². The van der Waals surface area contributed by atoms with Gasteiger partial charge in [0.25, 0.3) is 5.91 Å². The highest BCUT2D eigenvalue weighted by atomic mass is 79.9. The Hall–Kier alpha value is -0.980. The lowest BCUT2D eigenvalue weighted by molar-refractivity contribution is 0.0914. The molecular weight excluding hydrogens is 384 g/mol. The lowest BCUT2D eigenvalue weighted by atomic mass is 9.94. The highest BCUT2D eigenvalue weighted by molar-refractivity contribution is 9.10. The Morgan fingerprint density at radius 2 is 2.22 bits per heavy atom. The normalized spacial score (nSPS) is 20.3. The van der Waals surface area contributed by atoms with Crippen LogP contribution in [0.15, 0.2) is 16.6 Å². The summed E-state index contributed by atoms with van der Waals surface area (Å²) in [5.41, 5.74) is 0.560. The average Bonchev–Trinajstić information content (AvgIpc) is 2.51. The van der Waals surface area contributed by atoms with E-state index in [1.54, 1.807) is 19.2 Å². The van der Waals surface area contributed by atoms with Crippen LogP contribution >= 0.6 is 28.3 Å². The Morgan fingerprint density at radius 1 is 1.48 bits per heavy atom. The van der Waals surface area contributed by atoms with Crippen molar-refractivity contribution < 1.29 is 14.3 Å². The summed E-state index contributed by atoms with van der Waals surface area (Å²) < 4.78 is 11.6. The van der Waals surface area contributed by atoms with E-state index < -0.39 is 0 Å². The summed E-state index contributed by atoms with van der Waals surface area (Å²) in [6.45, 7) is 6.43.